The first-order valence-corrected chi connectivity index (χ1v) is 8.47. The highest BCUT2D eigenvalue weighted by atomic mass is 35.5. The zero-order chi connectivity index (χ0) is 16.4. The molecule has 2 nitrogen and oxygen atoms in total. The lowest BCUT2D eigenvalue weighted by Gasteiger charge is -2.13. The average molecular weight is 368 g/mol. The average Bonchev–Trinajstić information content (AvgIpc) is 2.54. The Hall–Kier alpha value is -1.48. The molecule has 0 aliphatic carbocycles. The first kappa shape index (κ1) is 16.4. The van der Waals surface area contributed by atoms with Gasteiger partial charge in [-0.15, -0.1) is 11.6 Å². The molecular weight excluding hydrogens is 355 g/mol. The Morgan fingerprint density at radius 3 is 2.52 bits per heavy atom. The maximum absolute atomic E-state index is 12.1. The van der Waals surface area contributed by atoms with Crippen LogP contribution in [0.5, 0.6) is 5.75 Å². The summed E-state index contributed by atoms with van der Waals surface area (Å²) in [5, 5.41) is 4.30. The maximum atomic E-state index is 12.1. The van der Waals surface area contributed by atoms with Crippen LogP contribution in [0.3, 0.4) is 0 Å². The number of hydrogen-bond acceptors (Lipinski definition) is 2. The molecule has 0 saturated heterocycles. The van der Waals surface area contributed by atoms with Crippen LogP contribution in [0.4, 0.5) is 0 Å². The quantitative estimate of drug-likeness (QED) is 0.237. The minimum Gasteiger partial charge on any atom is -0.425 e. The van der Waals surface area contributed by atoms with Crippen molar-refractivity contribution in [3.05, 3.63) is 52.5 Å². The highest BCUT2D eigenvalue weighted by molar-refractivity contribution is 6.39. The van der Waals surface area contributed by atoms with Crippen molar-refractivity contribution in [3.63, 3.8) is 0 Å². The number of fused-ring (bicyclic) bond motifs is 2. The van der Waals surface area contributed by atoms with E-state index >= 15 is 0 Å². The normalized spacial score (nSPS) is 11.1. The molecular formula is C18H13Cl3O2. The number of halogens is 3. The predicted octanol–water partition coefficient (Wildman–Crippen LogP) is 6.22. The molecule has 0 aliphatic rings. The Morgan fingerprint density at radius 2 is 1.74 bits per heavy atom. The fourth-order valence-corrected chi connectivity index (χ4v) is 3.18. The molecule has 0 unspecified atom stereocenters. The maximum Gasteiger partial charge on any atom is 0.311 e. The summed E-state index contributed by atoms with van der Waals surface area (Å²) in [6, 6.07) is 13.0. The number of benzene rings is 3. The summed E-state index contributed by atoms with van der Waals surface area (Å²) in [5.74, 6) is 0.530. The Balaban J connectivity index is 2.25. The molecule has 0 aromatic heterocycles. The molecule has 0 bridgehead atoms. The van der Waals surface area contributed by atoms with E-state index in [9.17, 15) is 4.79 Å². The second-order valence-electron chi connectivity index (χ2n) is 5.15. The van der Waals surface area contributed by atoms with Crippen molar-refractivity contribution in [1.29, 1.82) is 0 Å². The number of hydrogen-bond donors (Lipinski definition) is 0. The largest absolute Gasteiger partial charge is 0.425 e. The van der Waals surface area contributed by atoms with Crippen molar-refractivity contribution in [3.8, 4) is 5.75 Å². The summed E-state index contributed by atoms with van der Waals surface area (Å²) in [6.45, 7) is 0. The lowest BCUT2D eigenvalue weighted by molar-refractivity contribution is -0.134. The molecule has 0 fully saturated rings. The van der Waals surface area contributed by atoms with E-state index in [4.69, 9.17) is 39.5 Å². The van der Waals surface area contributed by atoms with Crippen molar-refractivity contribution in [1.82, 2.24) is 0 Å². The standard InChI is InChI=1S/C18H13Cl3O2/c19-9-3-8-16(22)23-18-12-5-2-6-14(20)13(12)10-11-4-1-7-15(21)17(11)18/h1-2,4-7,10H,3,8-9H2. The molecule has 0 saturated carbocycles. The summed E-state index contributed by atoms with van der Waals surface area (Å²) in [4.78, 5) is 12.1. The fourth-order valence-electron chi connectivity index (χ4n) is 2.55. The number of esters is 1. The number of carbonyl (C=O) groups excluding carboxylic acids is 1. The van der Waals surface area contributed by atoms with Crippen LogP contribution in [-0.2, 0) is 4.79 Å². The van der Waals surface area contributed by atoms with Crippen molar-refractivity contribution in [2.75, 3.05) is 5.88 Å². The Bertz CT molecular complexity index is 890. The number of rotatable bonds is 4. The molecule has 0 amide bonds. The van der Waals surface area contributed by atoms with Gasteiger partial charge in [-0.25, -0.2) is 0 Å². The molecule has 3 aromatic carbocycles. The topological polar surface area (TPSA) is 26.3 Å². The molecule has 118 valence electrons. The van der Waals surface area contributed by atoms with Crippen molar-refractivity contribution in [2.45, 2.75) is 12.8 Å². The van der Waals surface area contributed by atoms with E-state index in [0.717, 1.165) is 16.2 Å². The van der Waals surface area contributed by atoms with Gasteiger partial charge in [-0.05, 0) is 30.0 Å². The summed E-state index contributed by atoms with van der Waals surface area (Å²) in [5.41, 5.74) is 0. The highest BCUT2D eigenvalue weighted by Crippen LogP contribution is 2.41. The predicted molar refractivity (Wildman–Crippen MR) is 97.1 cm³/mol. The van der Waals surface area contributed by atoms with Crippen molar-refractivity contribution in [2.24, 2.45) is 0 Å². The van der Waals surface area contributed by atoms with Crippen molar-refractivity contribution < 1.29 is 9.53 Å². The minimum absolute atomic E-state index is 0.256. The third-order valence-corrected chi connectivity index (χ3v) is 4.51. The van der Waals surface area contributed by atoms with E-state index in [1.54, 1.807) is 12.1 Å². The van der Waals surface area contributed by atoms with E-state index in [-0.39, 0.29) is 12.4 Å². The SMILES string of the molecule is O=C(CCCCl)Oc1c2cccc(Cl)c2cc2cccc(Cl)c12. The molecule has 3 aromatic rings. The van der Waals surface area contributed by atoms with E-state index in [0.29, 0.717) is 33.5 Å². The van der Waals surface area contributed by atoms with Crippen LogP contribution in [0.1, 0.15) is 12.8 Å². The van der Waals surface area contributed by atoms with Crippen LogP contribution in [-0.4, -0.2) is 11.8 Å². The smallest absolute Gasteiger partial charge is 0.311 e. The molecule has 0 N–H and O–H groups in total. The summed E-state index contributed by atoms with van der Waals surface area (Å²) < 4.78 is 5.64. The molecule has 3 rings (SSSR count). The molecule has 0 heterocycles. The zero-order valence-corrected chi connectivity index (χ0v) is 14.4. The van der Waals surface area contributed by atoms with Crippen molar-refractivity contribution >= 4 is 62.3 Å². The minimum atomic E-state index is -0.334. The molecule has 23 heavy (non-hydrogen) atoms. The van der Waals surface area contributed by atoms with E-state index in [2.05, 4.69) is 0 Å². The van der Waals surface area contributed by atoms with Gasteiger partial charge in [0.1, 0.15) is 5.75 Å². The van der Waals surface area contributed by atoms with Gasteiger partial charge in [-0.1, -0.05) is 47.5 Å². The second-order valence-corrected chi connectivity index (χ2v) is 6.34. The van der Waals surface area contributed by atoms with Crippen LogP contribution in [0, 0.1) is 0 Å². The van der Waals surface area contributed by atoms with E-state index in [1.807, 2.05) is 30.3 Å². The van der Waals surface area contributed by atoms with Gasteiger partial charge in [0.05, 0.1) is 5.02 Å². The van der Waals surface area contributed by atoms with Crippen LogP contribution < -0.4 is 4.74 Å². The monoisotopic (exact) mass is 366 g/mol. The van der Waals surface area contributed by atoms with Crippen LogP contribution >= 0.6 is 34.8 Å². The number of ether oxygens (including phenoxy) is 1. The number of carbonyl (C=O) groups is 1. The van der Waals surface area contributed by atoms with Gasteiger partial charge < -0.3 is 4.74 Å². The van der Waals surface area contributed by atoms with Gasteiger partial charge in [0.25, 0.3) is 0 Å². The third kappa shape index (κ3) is 3.25. The van der Waals surface area contributed by atoms with Gasteiger partial charge in [0, 0.05) is 33.5 Å². The molecule has 0 radical (unpaired) electrons. The lowest BCUT2D eigenvalue weighted by Crippen LogP contribution is -2.08. The van der Waals surface area contributed by atoms with Gasteiger partial charge in [-0.3, -0.25) is 4.79 Å². The second kappa shape index (κ2) is 6.96. The Morgan fingerprint density at radius 1 is 1.00 bits per heavy atom. The van der Waals surface area contributed by atoms with Gasteiger partial charge in [0.2, 0.25) is 0 Å². The van der Waals surface area contributed by atoms with Gasteiger partial charge in [0.15, 0.2) is 0 Å². The van der Waals surface area contributed by atoms with E-state index < -0.39 is 0 Å². The summed E-state index contributed by atoms with van der Waals surface area (Å²) in [7, 11) is 0. The molecule has 0 aliphatic heterocycles. The lowest BCUT2D eigenvalue weighted by atomic mass is 10.0. The zero-order valence-electron chi connectivity index (χ0n) is 12.1. The molecule has 0 atom stereocenters. The first-order valence-electron chi connectivity index (χ1n) is 7.18. The molecule has 5 heteroatoms. The Labute approximate surface area is 148 Å². The summed E-state index contributed by atoms with van der Waals surface area (Å²) >= 11 is 18.3. The third-order valence-electron chi connectivity index (χ3n) is 3.60. The van der Waals surface area contributed by atoms with Crippen LogP contribution in [0.25, 0.3) is 21.5 Å². The van der Waals surface area contributed by atoms with Gasteiger partial charge >= 0.3 is 5.97 Å². The fraction of sp³-hybridized carbons (Fsp3) is 0.167. The van der Waals surface area contributed by atoms with Crippen LogP contribution in [0.15, 0.2) is 42.5 Å². The van der Waals surface area contributed by atoms with Crippen LogP contribution in [0.2, 0.25) is 10.0 Å². The van der Waals surface area contributed by atoms with E-state index in [1.165, 1.54) is 0 Å². The first-order chi connectivity index (χ1) is 11.1. The highest BCUT2D eigenvalue weighted by Gasteiger charge is 2.16. The molecule has 0 spiro atoms. The summed E-state index contributed by atoms with van der Waals surface area (Å²) in [6.07, 6.45) is 0.823. The Kier molecular flexibility index (Phi) is 4.96. The van der Waals surface area contributed by atoms with Gasteiger partial charge in [-0.2, -0.15) is 0 Å². The number of alkyl halides is 1.